The number of ether oxygens (including phenoxy) is 2. The summed E-state index contributed by atoms with van der Waals surface area (Å²) in [6.45, 7) is 4.35. The van der Waals surface area contributed by atoms with Crippen LogP contribution in [-0.4, -0.2) is 29.7 Å². The molecule has 0 aliphatic carbocycles. The largest absolute Gasteiger partial charge is 0.493 e. The van der Waals surface area contributed by atoms with Gasteiger partial charge in [0.15, 0.2) is 16.3 Å². The van der Waals surface area contributed by atoms with E-state index in [1.54, 1.807) is 26.5 Å². The van der Waals surface area contributed by atoms with Crippen molar-refractivity contribution in [3.05, 3.63) is 65.6 Å². The van der Waals surface area contributed by atoms with Gasteiger partial charge in [-0.1, -0.05) is 35.6 Å². The topological polar surface area (TPSA) is 68.6 Å². The van der Waals surface area contributed by atoms with Crippen molar-refractivity contribution in [1.82, 2.24) is 9.55 Å². The van der Waals surface area contributed by atoms with Gasteiger partial charge >= 0.3 is 0 Å². The van der Waals surface area contributed by atoms with Crippen molar-refractivity contribution >= 4 is 38.4 Å². The summed E-state index contributed by atoms with van der Waals surface area (Å²) in [5.74, 6) is 0.970. The molecule has 7 heteroatoms. The first-order valence-electron chi connectivity index (χ1n) is 8.67. The highest BCUT2D eigenvalue weighted by Gasteiger charge is 2.15. The van der Waals surface area contributed by atoms with Crippen LogP contribution in [0.5, 0.6) is 11.5 Å². The zero-order valence-electron chi connectivity index (χ0n) is 15.6. The molecule has 4 aromatic rings. The van der Waals surface area contributed by atoms with Crippen molar-refractivity contribution in [2.45, 2.75) is 6.54 Å². The number of rotatable bonds is 5. The van der Waals surface area contributed by atoms with Crippen LogP contribution < -0.4 is 14.3 Å². The van der Waals surface area contributed by atoms with E-state index in [9.17, 15) is 4.79 Å². The number of aromatic amines is 1. The van der Waals surface area contributed by atoms with E-state index in [1.165, 1.54) is 11.3 Å². The minimum Gasteiger partial charge on any atom is -0.493 e. The van der Waals surface area contributed by atoms with Crippen LogP contribution in [0, 0.1) is 0 Å². The fourth-order valence-corrected chi connectivity index (χ4v) is 4.23. The van der Waals surface area contributed by atoms with E-state index < -0.39 is 0 Å². The van der Waals surface area contributed by atoms with Crippen molar-refractivity contribution in [3.8, 4) is 11.5 Å². The smallest absolute Gasteiger partial charge is 0.281 e. The Balaban J connectivity index is 1.90. The maximum Gasteiger partial charge on any atom is 0.281 e. The quantitative estimate of drug-likeness (QED) is 0.519. The molecular formula is C21H19N3O3S. The number of amides is 1. The number of fused-ring (bicyclic) bond motifs is 2. The highest BCUT2D eigenvalue weighted by molar-refractivity contribution is 7.16. The van der Waals surface area contributed by atoms with Crippen LogP contribution in [0.3, 0.4) is 0 Å². The molecule has 28 heavy (non-hydrogen) atoms. The summed E-state index contributed by atoms with van der Waals surface area (Å²) >= 11 is 1.43. The third-order valence-corrected chi connectivity index (χ3v) is 5.56. The Bertz CT molecular complexity index is 1260. The van der Waals surface area contributed by atoms with Crippen LogP contribution in [0.4, 0.5) is 0 Å². The molecule has 2 heterocycles. The van der Waals surface area contributed by atoms with E-state index in [1.807, 2.05) is 41.0 Å². The first-order valence-corrected chi connectivity index (χ1v) is 9.49. The third-order valence-electron chi connectivity index (χ3n) is 4.52. The highest BCUT2D eigenvalue weighted by Crippen LogP contribution is 2.33. The number of para-hydroxylation sites is 1. The van der Waals surface area contributed by atoms with Gasteiger partial charge in [0, 0.05) is 35.8 Å². The lowest BCUT2D eigenvalue weighted by Crippen LogP contribution is -2.16. The number of aromatic nitrogens is 2. The zero-order valence-corrected chi connectivity index (χ0v) is 16.4. The number of benzene rings is 2. The number of nitrogens with one attached hydrogen (secondary N) is 1. The number of nitrogens with zero attached hydrogens (tertiary/aromatic N) is 2. The maximum atomic E-state index is 12.9. The van der Waals surface area contributed by atoms with Gasteiger partial charge in [-0.25, -0.2) is 0 Å². The number of carbonyl (C=O) groups excluding carboxylic acids is 1. The van der Waals surface area contributed by atoms with Gasteiger partial charge in [0.05, 0.1) is 30.0 Å². The van der Waals surface area contributed by atoms with Gasteiger partial charge in [-0.3, -0.25) is 4.79 Å². The molecule has 2 aromatic heterocycles. The molecule has 0 spiro atoms. The van der Waals surface area contributed by atoms with Gasteiger partial charge in [-0.05, 0) is 6.07 Å². The van der Waals surface area contributed by atoms with Crippen LogP contribution in [0.25, 0.3) is 21.1 Å². The molecule has 0 saturated carbocycles. The molecule has 0 radical (unpaired) electrons. The lowest BCUT2D eigenvalue weighted by molar-refractivity contribution is 0.0999. The van der Waals surface area contributed by atoms with Crippen molar-refractivity contribution in [2.24, 2.45) is 4.99 Å². The van der Waals surface area contributed by atoms with E-state index in [0.29, 0.717) is 28.4 Å². The van der Waals surface area contributed by atoms with Crippen LogP contribution >= 0.6 is 11.3 Å². The fourth-order valence-electron chi connectivity index (χ4n) is 3.18. The molecule has 1 N–H and O–H groups in total. The Morgan fingerprint density at radius 3 is 2.75 bits per heavy atom. The second kappa shape index (κ2) is 7.36. The van der Waals surface area contributed by atoms with Crippen LogP contribution in [0.2, 0.25) is 0 Å². The molecule has 0 fully saturated rings. The van der Waals surface area contributed by atoms with Crippen molar-refractivity contribution in [3.63, 3.8) is 0 Å². The van der Waals surface area contributed by atoms with Gasteiger partial charge in [0.1, 0.15) is 0 Å². The van der Waals surface area contributed by atoms with Crippen LogP contribution in [0.1, 0.15) is 10.4 Å². The van der Waals surface area contributed by atoms with E-state index in [-0.39, 0.29) is 5.91 Å². The highest BCUT2D eigenvalue weighted by atomic mass is 32.1. The van der Waals surface area contributed by atoms with Gasteiger partial charge < -0.3 is 19.0 Å². The summed E-state index contributed by atoms with van der Waals surface area (Å²) in [5, 5.41) is 0.857. The minimum atomic E-state index is -0.291. The van der Waals surface area contributed by atoms with Crippen LogP contribution in [0.15, 0.2) is 60.2 Å². The number of hydrogen-bond donors (Lipinski definition) is 1. The van der Waals surface area contributed by atoms with Gasteiger partial charge in [0.25, 0.3) is 5.91 Å². The standard InChI is InChI=1S/C21H19N3O3S/c1-4-9-24-16-10-17(26-2)18(27-3)11-19(16)28-21(24)23-20(25)14-12-22-15-8-6-5-7-13(14)15/h4-8,10-12,22H,1,9H2,2-3H3. The Kier molecular flexibility index (Phi) is 4.75. The third kappa shape index (κ3) is 2.99. The molecule has 142 valence electrons. The number of carbonyl (C=O) groups is 1. The average Bonchev–Trinajstić information content (AvgIpc) is 3.28. The Hall–Kier alpha value is -3.32. The molecule has 6 nitrogen and oxygen atoms in total. The molecule has 2 aromatic carbocycles. The summed E-state index contributed by atoms with van der Waals surface area (Å²) in [4.78, 5) is 21.0. The van der Waals surface area contributed by atoms with Gasteiger partial charge in [0.2, 0.25) is 0 Å². The number of thiazole rings is 1. The second-order valence-electron chi connectivity index (χ2n) is 6.12. The first kappa shape index (κ1) is 18.1. The van der Waals surface area contributed by atoms with E-state index >= 15 is 0 Å². The molecule has 0 unspecified atom stereocenters. The molecule has 4 rings (SSSR count). The van der Waals surface area contributed by atoms with Gasteiger partial charge in [-0.2, -0.15) is 4.99 Å². The molecule has 1 amide bonds. The molecule has 0 atom stereocenters. The molecule has 0 aliphatic heterocycles. The first-order chi connectivity index (χ1) is 13.7. The summed E-state index contributed by atoms with van der Waals surface area (Å²) < 4.78 is 13.7. The summed E-state index contributed by atoms with van der Waals surface area (Å²) in [5.41, 5.74) is 2.37. The Labute approximate surface area is 165 Å². The number of H-pyrrole nitrogens is 1. The Morgan fingerprint density at radius 2 is 2.00 bits per heavy atom. The molecule has 0 aliphatic rings. The van der Waals surface area contributed by atoms with E-state index in [0.717, 1.165) is 21.1 Å². The normalized spacial score (nSPS) is 11.9. The van der Waals surface area contributed by atoms with Crippen molar-refractivity contribution in [2.75, 3.05) is 14.2 Å². The number of hydrogen-bond acceptors (Lipinski definition) is 4. The predicted octanol–water partition coefficient (Wildman–Crippen LogP) is 4.13. The number of methoxy groups -OCH3 is 2. The average molecular weight is 393 g/mol. The van der Waals surface area contributed by atoms with Crippen molar-refractivity contribution < 1.29 is 14.3 Å². The Morgan fingerprint density at radius 1 is 1.25 bits per heavy atom. The fraction of sp³-hybridized carbons (Fsp3) is 0.143. The lowest BCUT2D eigenvalue weighted by atomic mass is 10.2. The predicted molar refractivity (Wildman–Crippen MR) is 111 cm³/mol. The molecule has 0 saturated heterocycles. The van der Waals surface area contributed by atoms with Crippen LogP contribution in [-0.2, 0) is 6.54 Å². The maximum absolute atomic E-state index is 12.9. The van der Waals surface area contributed by atoms with Crippen molar-refractivity contribution in [1.29, 1.82) is 0 Å². The summed E-state index contributed by atoms with van der Waals surface area (Å²) in [6.07, 6.45) is 3.48. The molecule has 0 bridgehead atoms. The zero-order chi connectivity index (χ0) is 19.7. The molecular weight excluding hydrogens is 374 g/mol. The number of allylic oxidation sites excluding steroid dienone is 1. The van der Waals surface area contributed by atoms with Gasteiger partial charge in [-0.15, -0.1) is 6.58 Å². The van der Waals surface area contributed by atoms with E-state index in [4.69, 9.17) is 9.47 Å². The lowest BCUT2D eigenvalue weighted by Gasteiger charge is -2.08. The summed E-state index contributed by atoms with van der Waals surface area (Å²) in [6, 6.07) is 11.5. The monoisotopic (exact) mass is 393 g/mol. The minimum absolute atomic E-state index is 0.291. The summed E-state index contributed by atoms with van der Waals surface area (Å²) in [7, 11) is 3.20. The SMILES string of the molecule is C=CCn1c(=NC(=O)c2c[nH]c3ccccc23)sc2cc(OC)c(OC)cc21. The second-order valence-corrected chi connectivity index (χ2v) is 7.13. The van der Waals surface area contributed by atoms with E-state index in [2.05, 4.69) is 16.6 Å².